The Balaban J connectivity index is 1.32. The van der Waals surface area contributed by atoms with Gasteiger partial charge in [-0.15, -0.1) is 0 Å². The molecule has 1 amide bonds. The second-order valence-electron chi connectivity index (χ2n) is 7.51. The number of hydrogen-bond acceptors (Lipinski definition) is 5. The topological polar surface area (TPSA) is 58.6 Å². The number of piperazine rings is 1. The number of carbonyl (C=O) groups excluding carboxylic acids is 1. The molecular formula is C24H26N4O2. The van der Waals surface area contributed by atoms with E-state index in [0.717, 1.165) is 35.8 Å². The van der Waals surface area contributed by atoms with E-state index in [0.29, 0.717) is 18.9 Å². The van der Waals surface area contributed by atoms with Crippen molar-refractivity contribution in [1.29, 1.82) is 0 Å². The summed E-state index contributed by atoms with van der Waals surface area (Å²) < 4.78 is 5.71. The predicted octanol–water partition coefficient (Wildman–Crippen LogP) is 3.49. The molecule has 0 aliphatic carbocycles. The van der Waals surface area contributed by atoms with Crippen molar-refractivity contribution >= 4 is 11.7 Å². The molecule has 3 aromatic rings. The van der Waals surface area contributed by atoms with Crippen LogP contribution in [0.15, 0.2) is 60.8 Å². The molecule has 1 aliphatic heterocycles. The van der Waals surface area contributed by atoms with Crippen molar-refractivity contribution < 1.29 is 9.53 Å². The number of ether oxygens (including phenoxy) is 1. The van der Waals surface area contributed by atoms with Crippen LogP contribution in [-0.4, -0.2) is 53.6 Å². The first kappa shape index (κ1) is 19.9. The van der Waals surface area contributed by atoms with Gasteiger partial charge in [-0.25, -0.2) is 9.97 Å². The summed E-state index contributed by atoms with van der Waals surface area (Å²) in [5.41, 5.74) is 3.37. The van der Waals surface area contributed by atoms with Gasteiger partial charge < -0.3 is 14.5 Å². The van der Waals surface area contributed by atoms with Gasteiger partial charge in [-0.3, -0.25) is 4.79 Å². The normalized spacial score (nSPS) is 13.9. The van der Waals surface area contributed by atoms with Crippen LogP contribution in [-0.2, 0) is 4.79 Å². The maximum atomic E-state index is 12.6. The van der Waals surface area contributed by atoms with Crippen LogP contribution in [0.3, 0.4) is 0 Å². The van der Waals surface area contributed by atoms with E-state index in [1.807, 2.05) is 66.4 Å². The highest BCUT2D eigenvalue weighted by atomic mass is 16.5. The Bertz CT molecular complexity index is 1010. The third kappa shape index (κ3) is 4.59. The number of anilines is 1. The zero-order valence-corrected chi connectivity index (χ0v) is 17.4. The smallest absolute Gasteiger partial charge is 0.260 e. The third-order valence-corrected chi connectivity index (χ3v) is 5.47. The largest absolute Gasteiger partial charge is 0.484 e. The fourth-order valence-corrected chi connectivity index (χ4v) is 3.48. The van der Waals surface area contributed by atoms with E-state index in [4.69, 9.17) is 9.72 Å². The van der Waals surface area contributed by atoms with Crippen molar-refractivity contribution in [2.24, 2.45) is 0 Å². The van der Waals surface area contributed by atoms with Gasteiger partial charge in [0.2, 0.25) is 0 Å². The van der Waals surface area contributed by atoms with Gasteiger partial charge >= 0.3 is 0 Å². The van der Waals surface area contributed by atoms with Crippen molar-refractivity contribution in [3.63, 3.8) is 0 Å². The Morgan fingerprint density at radius 3 is 2.47 bits per heavy atom. The lowest BCUT2D eigenvalue weighted by atomic mass is 10.1. The Kier molecular flexibility index (Phi) is 5.93. The van der Waals surface area contributed by atoms with Crippen molar-refractivity contribution in [3.8, 4) is 17.1 Å². The highest BCUT2D eigenvalue weighted by molar-refractivity contribution is 5.78. The summed E-state index contributed by atoms with van der Waals surface area (Å²) in [5, 5.41) is 0. The van der Waals surface area contributed by atoms with Gasteiger partial charge in [-0.05, 0) is 43.2 Å². The minimum Gasteiger partial charge on any atom is -0.484 e. The molecule has 4 rings (SSSR count). The average molecular weight is 402 g/mol. The van der Waals surface area contributed by atoms with Crippen LogP contribution in [0.4, 0.5) is 5.82 Å². The molecule has 0 spiro atoms. The SMILES string of the molecule is Cc1ccc(OCC(=O)N2CCN(c3ccnc(-c4ccccc4)n3)CC2)cc1C. The van der Waals surface area contributed by atoms with E-state index in [2.05, 4.69) is 16.8 Å². The zero-order chi connectivity index (χ0) is 20.9. The molecule has 0 radical (unpaired) electrons. The summed E-state index contributed by atoms with van der Waals surface area (Å²) >= 11 is 0. The lowest BCUT2D eigenvalue weighted by Gasteiger charge is -2.35. The molecule has 1 aliphatic rings. The van der Waals surface area contributed by atoms with Crippen molar-refractivity contribution in [3.05, 3.63) is 71.9 Å². The minimum absolute atomic E-state index is 0.0144. The van der Waals surface area contributed by atoms with Crippen LogP contribution in [0.25, 0.3) is 11.4 Å². The van der Waals surface area contributed by atoms with E-state index in [-0.39, 0.29) is 12.5 Å². The molecule has 0 saturated carbocycles. The van der Waals surface area contributed by atoms with E-state index in [1.54, 1.807) is 6.20 Å². The van der Waals surface area contributed by atoms with Gasteiger partial charge in [0.1, 0.15) is 11.6 Å². The fourth-order valence-electron chi connectivity index (χ4n) is 3.48. The number of hydrogen-bond donors (Lipinski definition) is 0. The average Bonchev–Trinajstić information content (AvgIpc) is 2.80. The summed E-state index contributed by atoms with van der Waals surface area (Å²) in [4.78, 5) is 25.7. The molecular weight excluding hydrogens is 376 g/mol. The lowest BCUT2D eigenvalue weighted by Crippen LogP contribution is -2.50. The van der Waals surface area contributed by atoms with E-state index < -0.39 is 0 Å². The standard InChI is InChI=1S/C24H26N4O2/c1-18-8-9-21(16-19(18)2)30-17-23(29)28-14-12-27(13-15-28)22-10-11-25-24(26-22)20-6-4-3-5-7-20/h3-11,16H,12-15,17H2,1-2H3. The van der Waals surface area contributed by atoms with Gasteiger partial charge in [-0.1, -0.05) is 36.4 Å². The lowest BCUT2D eigenvalue weighted by molar-refractivity contribution is -0.133. The Hall–Kier alpha value is -3.41. The molecule has 1 aromatic heterocycles. The quantitative estimate of drug-likeness (QED) is 0.654. The predicted molar refractivity (Wildman–Crippen MR) is 118 cm³/mol. The van der Waals surface area contributed by atoms with Gasteiger partial charge in [0.25, 0.3) is 5.91 Å². The second-order valence-corrected chi connectivity index (χ2v) is 7.51. The zero-order valence-electron chi connectivity index (χ0n) is 17.4. The van der Waals surface area contributed by atoms with Gasteiger partial charge in [-0.2, -0.15) is 0 Å². The first-order valence-corrected chi connectivity index (χ1v) is 10.2. The Labute approximate surface area is 177 Å². The third-order valence-electron chi connectivity index (χ3n) is 5.47. The van der Waals surface area contributed by atoms with Crippen molar-refractivity contribution in [2.45, 2.75) is 13.8 Å². The molecule has 2 heterocycles. The molecule has 30 heavy (non-hydrogen) atoms. The number of aryl methyl sites for hydroxylation is 2. The number of rotatable bonds is 5. The molecule has 0 atom stereocenters. The molecule has 0 N–H and O–H groups in total. The van der Waals surface area contributed by atoms with Crippen LogP contribution < -0.4 is 9.64 Å². The number of aromatic nitrogens is 2. The summed E-state index contributed by atoms with van der Waals surface area (Å²) in [6.45, 7) is 6.94. The number of carbonyl (C=O) groups is 1. The molecule has 154 valence electrons. The molecule has 6 nitrogen and oxygen atoms in total. The van der Waals surface area contributed by atoms with E-state index >= 15 is 0 Å². The maximum absolute atomic E-state index is 12.6. The first-order chi connectivity index (χ1) is 14.6. The highest BCUT2D eigenvalue weighted by Gasteiger charge is 2.22. The molecule has 1 fully saturated rings. The molecule has 2 aromatic carbocycles. The minimum atomic E-state index is 0.0144. The number of nitrogens with zero attached hydrogens (tertiary/aromatic N) is 4. The van der Waals surface area contributed by atoms with Crippen LogP contribution in [0.5, 0.6) is 5.75 Å². The summed E-state index contributed by atoms with van der Waals surface area (Å²) in [6, 6.07) is 17.8. The van der Waals surface area contributed by atoms with Gasteiger partial charge in [0, 0.05) is 37.9 Å². The Morgan fingerprint density at radius 1 is 0.967 bits per heavy atom. The molecule has 6 heteroatoms. The van der Waals surface area contributed by atoms with E-state index in [9.17, 15) is 4.79 Å². The van der Waals surface area contributed by atoms with Crippen LogP contribution >= 0.6 is 0 Å². The number of benzene rings is 2. The summed E-state index contributed by atoms with van der Waals surface area (Å²) in [7, 11) is 0. The van der Waals surface area contributed by atoms with Crippen LogP contribution in [0.2, 0.25) is 0 Å². The van der Waals surface area contributed by atoms with Crippen LogP contribution in [0, 0.1) is 13.8 Å². The maximum Gasteiger partial charge on any atom is 0.260 e. The molecule has 1 saturated heterocycles. The highest BCUT2D eigenvalue weighted by Crippen LogP contribution is 2.20. The number of amides is 1. The van der Waals surface area contributed by atoms with Crippen LogP contribution in [0.1, 0.15) is 11.1 Å². The van der Waals surface area contributed by atoms with E-state index in [1.165, 1.54) is 5.56 Å². The van der Waals surface area contributed by atoms with Crippen molar-refractivity contribution in [1.82, 2.24) is 14.9 Å². The van der Waals surface area contributed by atoms with Gasteiger partial charge in [0.15, 0.2) is 12.4 Å². The van der Waals surface area contributed by atoms with Crippen molar-refractivity contribution in [2.75, 3.05) is 37.7 Å². The summed E-state index contributed by atoms with van der Waals surface area (Å²) in [6.07, 6.45) is 1.79. The first-order valence-electron chi connectivity index (χ1n) is 10.2. The monoisotopic (exact) mass is 402 g/mol. The van der Waals surface area contributed by atoms with Gasteiger partial charge in [0.05, 0.1) is 0 Å². The molecule has 0 unspecified atom stereocenters. The fraction of sp³-hybridized carbons (Fsp3) is 0.292. The second kappa shape index (κ2) is 8.95. The Morgan fingerprint density at radius 2 is 1.73 bits per heavy atom. The summed E-state index contributed by atoms with van der Waals surface area (Å²) in [5.74, 6) is 2.36. The molecule has 0 bridgehead atoms.